The molecular formula is C16H14ClNO5S. The van der Waals surface area contributed by atoms with E-state index in [1.165, 1.54) is 31.0 Å². The highest BCUT2D eigenvalue weighted by Gasteiger charge is 2.10. The van der Waals surface area contributed by atoms with Gasteiger partial charge in [0.15, 0.2) is 0 Å². The molecular weight excluding hydrogens is 354 g/mol. The largest absolute Gasteiger partial charge is 0.496 e. The molecule has 0 heterocycles. The highest BCUT2D eigenvalue weighted by molar-refractivity contribution is 8.00. The van der Waals surface area contributed by atoms with E-state index in [0.29, 0.717) is 16.3 Å². The van der Waals surface area contributed by atoms with E-state index in [9.17, 15) is 14.9 Å². The molecule has 2 aromatic carbocycles. The molecule has 0 fully saturated rings. The van der Waals surface area contributed by atoms with Crippen molar-refractivity contribution in [3.8, 4) is 5.75 Å². The Morgan fingerprint density at radius 1 is 1.25 bits per heavy atom. The van der Waals surface area contributed by atoms with Gasteiger partial charge in [-0.2, -0.15) is 0 Å². The van der Waals surface area contributed by atoms with E-state index >= 15 is 0 Å². The number of carbonyl (C=O) groups excluding carboxylic acids is 1. The summed E-state index contributed by atoms with van der Waals surface area (Å²) in [6.45, 7) is 0.0589. The lowest BCUT2D eigenvalue weighted by atomic mass is 10.2. The molecule has 0 atom stereocenters. The zero-order valence-electron chi connectivity index (χ0n) is 12.7. The van der Waals surface area contributed by atoms with Crippen LogP contribution in [0.2, 0.25) is 5.02 Å². The van der Waals surface area contributed by atoms with Crippen LogP contribution in [0.15, 0.2) is 47.4 Å². The molecule has 0 spiro atoms. The monoisotopic (exact) mass is 367 g/mol. The lowest BCUT2D eigenvalue weighted by Gasteiger charge is -2.09. The summed E-state index contributed by atoms with van der Waals surface area (Å²) in [5.41, 5.74) is 0.689. The Morgan fingerprint density at radius 2 is 1.96 bits per heavy atom. The Balaban J connectivity index is 1.85. The van der Waals surface area contributed by atoms with E-state index in [1.54, 1.807) is 30.3 Å². The normalized spacial score (nSPS) is 10.2. The Bertz CT molecular complexity index is 736. The molecule has 0 N–H and O–H groups in total. The van der Waals surface area contributed by atoms with Crippen molar-refractivity contribution in [1.82, 2.24) is 0 Å². The maximum absolute atomic E-state index is 11.8. The first-order valence-corrected chi connectivity index (χ1v) is 8.21. The van der Waals surface area contributed by atoms with E-state index in [4.69, 9.17) is 21.1 Å². The fraction of sp³-hybridized carbons (Fsp3) is 0.188. The molecule has 0 aliphatic carbocycles. The summed E-state index contributed by atoms with van der Waals surface area (Å²) in [7, 11) is 1.53. The third-order valence-corrected chi connectivity index (χ3v) is 4.26. The van der Waals surface area contributed by atoms with Gasteiger partial charge in [-0.3, -0.25) is 14.9 Å². The molecule has 0 amide bonds. The molecule has 126 valence electrons. The van der Waals surface area contributed by atoms with Crippen LogP contribution in [0.4, 0.5) is 5.69 Å². The number of non-ortho nitro benzene ring substituents is 1. The molecule has 0 aliphatic heterocycles. The van der Waals surface area contributed by atoms with E-state index in [2.05, 4.69) is 0 Å². The molecule has 2 aromatic rings. The van der Waals surface area contributed by atoms with Gasteiger partial charge in [-0.1, -0.05) is 11.6 Å². The van der Waals surface area contributed by atoms with Crippen LogP contribution < -0.4 is 4.74 Å². The molecule has 6 nitrogen and oxygen atoms in total. The Kier molecular flexibility index (Phi) is 6.45. The third-order valence-electron chi connectivity index (χ3n) is 3.04. The average molecular weight is 368 g/mol. The summed E-state index contributed by atoms with van der Waals surface area (Å²) in [6.07, 6.45) is 0. The zero-order chi connectivity index (χ0) is 17.5. The van der Waals surface area contributed by atoms with Crippen molar-refractivity contribution in [2.75, 3.05) is 12.9 Å². The number of nitro groups is 1. The number of nitrogens with zero attached hydrogens (tertiary/aromatic N) is 1. The first-order valence-electron chi connectivity index (χ1n) is 6.85. The summed E-state index contributed by atoms with van der Waals surface area (Å²) >= 11 is 7.16. The molecule has 0 aromatic heterocycles. The van der Waals surface area contributed by atoms with Crippen LogP contribution in [0.3, 0.4) is 0 Å². The molecule has 0 bridgehead atoms. The minimum atomic E-state index is -0.471. The number of carbonyl (C=O) groups is 1. The smallest absolute Gasteiger partial charge is 0.316 e. The number of esters is 1. The fourth-order valence-electron chi connectivity index (χ4n) is 1.87. The number of hydrogen-bond acceptors (Lipinski definition) is 6. The number of benzene rings is 2. The molecule has 0 radical (unpaired) electrons. The number of ether oxygens (including phenoxy) is 2. The highest BCUT2D eigenvalue weighted by Crippen LogP contribution is 2.24. The van der Waals surface area contributed by atoms with Crippen LogP contribution in [-0.4, -0.2) is 23.8 Å². The van der Waals surface area contributed by atoms with Crippen LogP contribution in [0.5, 0.6) is 5.75 Å². The van der Waals surface area contributed by atoms with Gasteiger partial charge in [0.05, 0.1) is 17.8 Å². The van der Waals surface area contributed by atoms with Crippen LogP contribution in [0.1, 0.15) is 5.56 Å². The second kappa shape index (κ2) is 8.56. The van der Waals surface area contributed by atoms with Crippen LogP contribution in [0.25, 0.3) is 0 Å². The lowest BCUT2D eigenvalue weighted by molar-refractivity contribution is -0.384. The quantitative estimate of drug-likeness (QED) is 0.317. The van der Waals surface area contributed by atoms with Gasteiger partial charge < -0.3 is 9.47 Å². The van der Waals surface area contributed by atoms with Crippen LogP contribution >= 0.6 is 23.4 Å². The van der Waals surface area contributed by atoms with Gasteiger partial charge in [0.1, 0.15) is 12.4 Å². The number of halogens is 1. The van der Waals surface area contributed by atoms with Gasteiger partial charge in [0, 0.05) is 27.6 Å². The second-order valence-corrected chi connectivity index (χ2v) is 6.14. The first kappa shape index (κ1) is 18.1. The standard InChI is InChI=1S/C16H14ClNO5S/c1-22-15-7-2-12(17)8-11(15)9-23-16(19)10-24-14-5-3-13(4-6-14)18(20)21/h2-8H,9-10H2,1H3. The topological polar surface area (TPSA) is 78.7 Å². The second-order valence-electron chi connectivity index (χ2n) is 4.66. The van der Waals surface area contributed by atoms with Crippen molar-refractivity contribution >= 4 is 35.0 Å². The zero-order valence-corrected chi connectivity index (χ0v) is 14.3. The molecule has 0 saturated carbocycles. The van der Waals surface area contributed by atoms with Gasteiger partial charge in [-0.05, 0) is 30.3 Å². The molecule has 0 unspecified atom stereocenters. The van der Waals surface area contributed by atoms with Crippen molar-refractivity contribution in [3.05, 3.63) is 63.2 Å². The highest BCUT2D eigenvalue weighted by atomic mass is 35.5. The maximum atomic E-state index is 11.8. The molecule has 0 saturated heterocycles. The summed E-state index contributed by atoms with van der Waals surface area (Å²) in [5.74, 6) is 0.288. The van der Waals surface area contributed by atoms with Crippen molar-refractivity contribution < 1.29 is 19.2 Å². The molecule has 8 heteroatoms. The molecule has 24 heavy (non-hydrogen) atoms. The minimum Gasteiger partial charge on any atom is -0.496 e. The minimum absolute atomic E-state index is 0.00924. The van der Waals surface area contributed by atoms with E-state index in [-0.39, 0.29) is 18.0 Å². The van der Waals surface area contributed by atoms with Crippen molar-refractivity contribution in [2.24, 2.45) is 0 Å². The van der Waals surface area contributed by atoms with Gasteiger partial charge in [-0.25, -0.2) is 0 Å². The summed E-state index contributed by atoms with van der Waals surface area (Å²) in [6, 6.07) is 11.0. The maximum Gasteiger partial charge on any atom is 0.316 e. The van der Waals surface area contributed by atoms with E-state index in [1.807, 2.05) is 0 Å². The van der Waals surface area contributed by atoms with Gasteiger partial charge in [-0.15, -0.1) is 11.8 Å². The SMILES string of the molecule is COc1ccc(Cl)cc1COC(=O)CSc1ccc([N+](=O)[O-])cc1. The summed E-state index contributed by atoms with van der Waals surface area (Å²) in [5, 5.41) is 11.1. The Hall–Kier alpha value is -2.25. The first-order chi connectivity index (χ1) is 11.5. The van der Waals surface area contributed by atoms with Crippen molar-refractivity contribution in [1.29, 1.82) is 0 Å². The van der Waals surface area contributed by atoms with Gasteiger partial charge >= 0.3 is 5.97 Å². The number of methoxy groups -OCH3 is 1. The number of nitro benzene ring substituents is 1. The lowest BCUT2D eigenvalue weighted by Crippen LogP contribution is -2.08. The number of rotatable bonds is 7. The third kappa shape index (κ3) is 5.14. The van der Waals surface area contributed by atoms with Crippen LogP contribution in [-0.2, 0) is 16.1 Å². The summed E-state index contributed by atoms with van der Waals surface area (Å²) in [4.78, 5) is 22.7. The van der Waals surface area contributed by atoms with Crippen molar-refractivity contribution in [2.45, 2.75) is 11.5 Å². The van der Waals surface area contributed by atoms with Crippen LogP contribution in [0, 0.1) is 10.1 Å². The predicted molar refractivity (Wildman–Crippen MR) is 91.6 cm³/mol. The number of thioether (sulfide) groups is 1. The van der Waals surface area contributed by atoms with Crippen molar-refractivity contribution in [3.63, 3.8) is 0 Å². The molecule has 0 aliphatic rings. The van der Waals surface area contributed by atoms with E-state index < -0.39 is 10.9 Å². The average Bonchev–Trinajstić information content (AvgIpc) is 2.58. The Morgan fingerprint density at radius 3 is 2.58 bits per heavy atom. The predicted octanol–water partition coefficient (Wildman–Crippen LogP) is 4.09. The van der Waals surface area contributed by atoms with E-state index in [0.717, 1.165) is 4.90 Å². The summed E-state index contributed by atoms with van der Waals surface area (Å²) < 4.78 is 10.4. The number of hydrogen-bond donors (Lipinski definition) is 0. The van der Waals surface area contributed by atoms with Gasteiger partial charge in [0.2, 0.25) is 0 Å². The van der Waals surface area contributed by atoms with Gasteiger partial charge in [0.25, 0.3) is 5.69 Å². The molecule has 2 rings (SSSR count). The fourth-order valence-corrected chi connectivity index (χ4v) is 2.76. The Labute approximate surface area is 147 Å².